The molecule has 0 saturated heterocycles. The van der Waals surface area contributed by atoms with Gasteiger partial charge in [-0.15, -0.1) is 0 Å². The van der Waals surface area contributed by atoms with Crippen LogP contribution in [0.3, 0.4) is 0 Å². The molecule has 1 aliphatic carbocycles. The number of hydrogen-bond acceptors (Lipinski definition) is 5. The van der Waals surface area contributed by atoms with Crippen LogP contribution in [0.2, 0.25) is 0 Å². The zero-order chi connectivity index (χ0) is 24.3. The molecule has 6 rings (SSSR count). The molecule has 2 bridgehead atoms. The lowest BCUT2D eigenvalue weighted by atomic mass is 9.96. The number of aromatic hydroxyl groups is 1. The number of amides is 1. The van der Waals surface area contributed by atoms with Gasteiger partial charge in [-0.3, -0.25) is 19.3 Å². The average Bonchev–Trinajstić information content (AvgIpc) is 3.65. The number of ether oxygens (including phenoxy) is 1. The highest BCUT2D eigenvalue weighted by molar-refractivity contribution is 5.97. The van der Waals surface area contributed by atoms with Crippen molar-refractivity contribution >= 4 is 5.91 Å². The van der Waals surface area contributed by atoms with Gasteiger partial charge in [-0.05, 0) is 36.6 Å². The summed E-state index contributed by atoms with van der Waals surface area (Å²) in [6, 6.07) is 12.1. The molecule has 1 saturated carbocycles. The van der Waals surface area contributed by atoms with Crippen LogP contribution < -0.4 is 15.2 Å². The lowest BCUT2D eigenvalue weighted by Gasteiger charge is -2.46. The Hall–Kier alpha value is -4.14. The lowest BCUT2D eigenvalue weighted by Crippen LogP contribution is -2.58. The van der Waals surface area contributed by atoms with Crippen molar-refractivity contribution in [2.24, 2.45) is 0 Å². The molecule has 35 heavy (non-hydrogen) atoms. The van der Waals surface area contributed by atoms with E-state index in [9.17, 15) is 19.1 Å². The standard InChI is InChI=1S/C26H21F2N3O4/c27-18-8-7-17-21(16-5-2-1-3-6-16)31-15-29(25(34)22-23(33)19(32)9-13-30(22)31)26(11-12-26)10-4-14-35-24(17)20(18)28/h1-10,13,21,33H,11-12,14-15H2/b10-4+/t21-/m0/s1. The molecule has 3 aromatic rings. The van der Waals surface area contributed by atoms with Gasteiger partial charge in [0, 0.05) is 17.8 Å². The summed E-state index contributed by atoms with van der Waals surface area (Å²) in [7, 11) is 0. The second kappa shape index (κ2) is 7.69. The number of halogens is 2. The van der Waals surface area contributed by atoms with Gasteiger partial charge in [-0.25, -0.2) is 4.39 Å². The van der Waals surface area contributed by atoms with E-state index in [2.05, 4.69) is 0 Å². The van der Waals surface area contributed by atoms with Crippen LogP contribution in [0, 0.1) is 11.6 Å². The van der Waals surface area contributed by atoms with E-state index in [0.29, 0.717) is 18.4 Å². The Morgan fingerprint density at radius 3 is 2.54 bits per heavy atom. The van der Waals surface area contributed by atoms with E-state index < -0.39 is 40.3 Å². The Morgan fingerprint density at radius 1 is 1.03 bits per heavy atom. The van der Waals surface area contributed by atoms with E-state index in [1.807, 2.05) is 36.4 Å². The minimum atomic E-state index is -1.11. The zero-order valence-electron chi connectivity index (χ0n) is 18.5. The van der Waals surface area contributed by atoms with Crippen LogP contribution in [0.1, 0.15) is 40.5 Å². The highest BCUT2D eigenvalue weighted by Gasteiger charge is 2.52. The van der Waals surface area contributed by atoms with Crippen molar-refractivity contribution in [2.45, 2.75) is 24.4 Å². The number of pyridine rings is 1. The monoisotopic (exact) mass is 477 g/mol. The lowest BCUT2D eigenvalue weighted by molar-refractivity contribution is 0.0606. The Bertz CT molecular complexity index is 1430. The number of fused-ring (bicyclic) bond motifs is 6. The van der Waals surface area contributed by atoms with E-state index in [1.165, 1.54) is 23.0 Å². The van der Waals surface area contributed by atoms with Crippen LogP contribution in [0.4, 0.5) is 8.78 Å². The summed E-state index contributed by atoms with van der Waals surface area (Å²) in [5.41, 5.74) is -0.408. The van der Waals surface area contributed by atoms with Gasteiger partial charge < -0.3 is 14.7 Å². The van der Waals surface area contributed by atoms with Crippen LogP contribution in [-0.4, -0.2) is 39.4 Å². The number of rotatable bonds is 1. The molecule has 1 spiro atoms. The van der Waals surface area contributed by atoms with E-state index in [1.54, 1.807) is 16.0 Å². The quantitative estimate of drug-likeness (QED) is 0.544. The first-order chi connectivity index (χ1) is 16.9. The van der Waals surface area contributed by atoms with Crippen molar-refractivity contribution in [1.82, 2.24) is 9.58 Å². The number of carbonyl (C=O) groups excluding carboxylic acids is 1. The summed E-state index contributed by atoms with van der Waals surface area (Å²) in [5, 5.41) is 12.4. The van der Waals surface area contributed by atoms with E-state index in [0.717, 1.165) is 11.6 Å². The highest BCUT2D eigenvalue weighted by Crippen LogP contribution is 2.47. The third-order valence-corrected chi connectivity index (χ3v) is 6.90. The molecule has 1 N–H and O–H groups in total. The SMILES string of the molecule is O=C1c2c(O)c(=O)ccn2N2CN1C1(/C=C/COc3c(ccc(F)c3F)[C@@H]2c2ccccc2)CC1. The number of benzene rings is 2. The maximum Gasteiger partial charge on any atom is 0.278 e. The van der Waals surface area contributed by atoms with Crippen molar-refractivity contribution in [2.75, 3.05) is 18.3 Å². The molecule has 3 aliphatic rings. The van der Waals surface area contributed by atoms with Crippen molar-refractivity contribution in [3.8, 4) is 11.5 Å². The zero-order valence-corrected chi connectivity index (χ0v) is 18.5. The molecular formula is C26H21F2N3O4. The molecule has 3 heterocycles. The first-order valence-corrected chi connectivity index (χ1v) is 11.3. The molecule has 1 atom stereocenters. The van der Waals surface area contributed by atoms with Crippen LogP contribution in [0.25, 0.3) is 0 Å². The van der Waals surface area contributed by atoms with Crippen molar-refractivity contribution in [3.05, 3.63) is 106 Å². The van der Waals surface area contributed by atoms with Gasteiger partial charge in [0.2, 0.25) is 11.2 Å². The van der Waals surface area contributed by atoms with Gasteiger partial charge in [0.15, 0.2) is 23.0 Å². The highest BCUT2D eigenvalue weighted by atomic mass is 19.2. The predicted octanol–water partition coefficient (Wildman–Crippen LogP) is 3.45. The molecule has 7 nitrogen and oxygen atoms in total. The second-order valence-electron chi connectivity index (χ2n) is 8.95. The summed E-state index contributed by atoms with van der Waals surface area (Å²) in [6.07, 6.45) is 6.31. The summed E-state index contributed by atoms with van der Waals surface area (Å²) >= 11 is 0. The topological polar surface area (TPSA) is 75.0 Å². The Labute approximate surface area is 199 Å². The Balaban J connectivity index is 1.67. The van der Waals surface area contributed by atoms with E-state index in [-0.39, 0.29) is 24.7 Å². The fraction of sp³-hybridized carbons (Fsp3) is 0.231. The van der Waals surface area contributed by atoms with Gasteiger partial charge >= 0.3 is 0 Å². The largest absolute Gasteiger partial charge is 0.502 e. The maximum atomic E-state index is 15.1. The van der Waals surface area contributed by atoms with Gasteiger partial charge in [-0.1, -0.05) is 36.4 Å². The minimum Gasteiger partial charge on any atom is -0.502 e. The summed E-state index contributed by atoms with van der Waals surface area (Å²) in [6.45, 7) is 0.0607. The van der Waals surface area contributed by atoms with Crippen molar-refractivity contribution in [1.29, 1.82) is 0 Å². The molecule has 2 aliphatic heterocycles. The molecular weight excluding hydrogens is 456 g/mol. The van der Waals surface area contributed by atoms with E-state index >= 15 is 4.39 Å². The second-order valence-corrected chi connectivity index (χ2v) is 8.95. The van der Waals surface area contributed by atoms with Gasteiger partial charge in [-0.2, -0.15) is 4.39 Å². The van der Waals surface area contributed by atoms with Crippen LogP contribution in [0.15, 0.2) is 71.7 Å². The summed E-state index contributed by atoms with van der Waals surface area (Å²) in [4.78, 5) is 27.5. The maximum absolute atomic E-state index is 15.1. The number of carbonyl (C=O) groups is 1. The molecule has 0 unspecified atom stereocenters. The van der Waals surface area contributed by atoms with Gasteiger partial charge in [0.05, 0.1) is 5.54 Å². The van der Waals surface area contributed by atoms with Crippen molar-refractivity contribution < 1.29 is 23.4 Å². The Kier molecular flexibility index (Phi) is 4.70. The third-order valence-electron chi connectivity index (χ3n) is 6.90. The number of hydrogen-bond donors (Lipinski definition) is 1. The van der Waals surface area contributed by atoms with Gasteiger partial charge in [0.25, 0.3) is 5.91 Å². The summed E-state index contributed by atoms with van der Waals surface area (Å²) < 4.78 is 36.6. The molecule has 178 valence electrons. The van der Waals surface area contributed by atoms with Crippen LogP contribution >= 0.6 is 0 Å². The van der Waals surface area contributed by atoms with Crippen molar-refractivity contribution in [3.63, 3.8) is 0 Å². The first kappa shape index (κ1) is 21.4. The third kappa shape index (κ3) is 3.22. The fourth-order valence-corrected chi connectivity index (χ4v) is 4.99. The molecule has 1 amide bonds. The summed E-state index contributed by atoms with van der Waals surface area (Å²) in [5.74, 6) is -3.51. The van der Waals surface area contributed by atoms with Crippen LogP contribution in [0.5, 0.6) is 11.5 Å². The number of nitrogens with zero attached hydrogens (tertiary/aromatic N) is 3. The first-order valence-electron chi connectivity index (χ1n) is 11.3. The molecule has 0 radical (unpaired) electrons. The normalized spacial score (nSPS) is 21.0. The molecule has 9 heteroatoms. The fourth-order valence-electron chi connectivity index (χ4n) is 4.99. The Morgan fingerprint density at radius 2 is 1.80 bits per heavy atom. The van der Waals surface area contributed by atoms with E-state index in [4.69, 9.17) is 4.74 Å². The molecule has 2 aromatic carbocycles. The molecule has 1 fully saturated rings. The smallest absolute Gasteiger partial charge is 0.278 e. The molecule has 1 aromatic heterocycles. The minimum absolute atomic E-state index is 0.0191. The number of aromatic nitrogens is 1. The van der Waals surface area contributed by atoms with Crippen LogP contribution in [-0.2, 0) is 0 Å². The predicted molar refractivity (Wildman–Crippen MR) is 123 cm³/mol. The average molecular weight is 477 g/mol. The van der Waals surface area contributed by atoms with Gasteiger partial charge in [0.1, 0.15) is 19.3 Å².